The van der Waals surface area contributed by atoms with Crippen LogP contribution in [0.25, 0.3) is 0 Å². The van der Waals surface area contributed by atoms with Crippen LogP contribution in [0.5, 0.6) is 0 Å². The van der Waals surface area contributed by atoms with E-state index < -0.39 is 11.7 Å². The van der Waals surface area contributed by atoms with Crippen LogP contribution in [0.1, 0.15) is 5.56 Å². The van der Waals surface area contributed by atoms with Crippen molar-refractivity contribution in [2.24, 2.45) is 5.16 Å². The summed E-state index contributed by atoms with van der Waals surface area (Å²) in [7, 11) is 0. The van der Waals surface area contributed by atoms with Gasteiger partial charge in [-0.25, -0.2) is 10.0 Å². The molecule has 0 heterocycles. The van der Waals surface area contributed by atoms with Gasteiger partial charge in [0.25, 0.3) is 4.92 Å². The molecule has 0 aliphatic heterocycles. The number of carboxylic acids is 1. The summed E-state index contributed by atoms with van der Waals surface area (Å²) in [5, 5.41) is 28.2. The maximum Gasteiger partial charge on any atom is 0.354 e. The average molecular weight is 225 g/mol. The zero-order chi connectivity index (χ0) is 12.1. The molecular weight excluding hydrogens is 216 g/mol. The third-order valence-electron chi connectivity index (χ3n) is 1.90. The van der Waals surface area contributed by atoms with Crippen molar-refractivity contribution in [1.82, 2.24) is 0 Å². The van der Waals surface area contributed by atoms with Crippen LogP contribution in [0.15, 0.2) is 29.4 Å². The summed E-state index contributed by atoms with van der Waals surface area (Å²) < 4.78 is 0. The largest absolute Gasteiger partial charge is 0.477 e. The molecule has 0 amide bonds. The van der Waals surface area contributed by atoms with Gasteiger partial charge >= 0.3 is 11.7 Å². The Bertz CT molecular complexity index is 438. The van der Waals surface area contributed by atoms with Gasteiger partial charge in [0.2, 0.25) is 0 Å². The van der Waals surface area contributed by atoms with Crippen LogP contribution in [0.2, 0.25) is 0 Å². The Balaban J connectivity index is 2.83. The quantitative estimate of drug-likeness (QED) is 0.401. The third kappa shape index (κ3) is 2.77. The minimum absolute atomic E-state index is 0.0292. The minimum Gasteiger partial charge on any atom is -0.477 e. The number of oxime groups is 1. The molecule has 0 atom stereocenters. The molecule has 0 bridgehead atoms. The normalized spacial score (nSPS) is 11.1. The van der Waals surface area contributed by atoms with Crippen LogP contribution in [-0.4, -0.2) is 32.1 Å². The Hall–Kier alpha value is -2.44. The summed E-state index contributed by atoms with van der Waals surface area (Å²) >= 11 is 0. The second-order valence-electron chi connectivity index (χ2n) is 2.97. The number of hydrogen-bond acceptors (Lipinski definition) is 4. The van der Waals surface area contributed by atoms with Crippen LogP contribution in [-0.2, 0) is 11.2 Å². The smallest absolute Gasteiger partial charge is 0.354 e. The molecule has 0 fully saturated rings. The molecule has 1 aromatic rings. The van der Waals surface area contributed by atoms with Crippen molar-refractivity contribution >= 4 is 17.4 Å². The Morgan fingerprint density at radius 1 is 1.31 bits per heavy atom. The molecule has 16 heavy (non-hydrogen) atoms. The maximum absolute atomic E-state index is 10.5. The van der Waals surface area contributed by atoms with E-state index >= 15 is 0 Å². The SMILES string of the molecule is O=C(O)/C(Cc1ccc([N+](=O)O)cc1)=N\O. The lowest BCUT2D eigenvalue weighted by molar-refractivity contribution is -0.729. The van der Waals surface area contributed by atoms with Gasteiger partial charge in [0.05, 0.1) is 4.91 Å². The summed E-state index contributed by atoms with van der Waals surface area (Å²) in [6.07, 6.45) is -0.0730. The molecule has 0 aromatic heterocycles. The van der Waals surface area contributed by atoms with E-state index in [1.165, 1.54) is 24.3 Å². The Morgan fingerprint density at radius 2 is 1.88 bits per heavy atom. The molecule has 1 aromatic carbocycles. The molecule has 0 saturated carbocycles. The Kier molecular flexibility index (Phi) is 3.54. The molecule has 0 aliphatic carbocycles. The van der Waals surface area contributed by atoms with Crippen molar-refractivity contribution in [2.75, 3.05) is 0 Å². The van der Waals surface area contributed by atoms with Crippen molar-refractivity contribution in [3.05, 3.63) is 34.7 Å². The predicted octanol–water partition coefficient (Wildman–Crippen LogP) is 0.944. The number of rotatable bonds is 4. The van der Waals surface area contributed by atoms with Gasteiger partial charge in [-0.1, -0.05) is 17.3 Å². The third-order valence-corrected chi connectivity index (χ3v) is 1.90. The average Bonchev–Trinajstić information content (AvgIpc) is 2.26. The van der Waals surface area contributed by atoms with Crippen LogP contribution in [0.4, 0.5) is 5.69 Å². The molecule has 0 spiro atoms. The monoisotopic (exact) mass is 225 g/mol. The van der Waals surface area contributed by atoms with E-state index in [2.05, 4.69) is 5.16 Å². The highest BCUT2D eigenvalue weighted by Crippen LogP contribution is 2.12. The van der Waals surface area contributed by atoms with Crippen LogP contribution >= 0.6 is 0 Å². The van der Waals surface area contributed by atoms with E-state index in [9.17, 15) is 9.70 Å². The first kappa shape index (κ1) is 11.6. The van der Waals surface area contributed by atoms with Gasteiger partial charge in [0.15, 0.2) is 5.71 Å². The highest BCUT2D eigenvalue weighted by molar-refractivity contribution is 6.35. The second kappa shape index (κ2) is 4.87. The van der Waals surface area contributed by atoms with E-state index in [4.69, 9.17) is 15.5 Å². The zero-order valence-corrected chi connectivity index (χ0v) is 8.07. The number of carbonyl (C=O) groups is 1. The van der Waals surface area contributed by atoms with E-state index in [-0.39, 0.29) is 17.0 Å². The summed E-state index contributed by atoms with van der Waals surface area (Å²) in [6.45, 7) is 0. The van der Waals surface area contributed by atoms with Crippen molar-refractivity contribution in [1.29, 1.82) is 0 Å². The van der Waals surface area contributed by atoms with Crippen LogP contribution in [0.3, 0.4) is 0 Å². The number of nitrogens with zero attached hydrogens (tertiary/aromatic N) is 2. The summed E-state index contributed by atoms with van der Waals surface area (Å²) in [5.74, 6) is -1.32. The number of benzene rings is 1. The highest BCUT2D eigenvalue weighted by atomic mass is 16.6. The summed E-state index contributed by atoms with van der Waals surface area (Å²) in [4.78, 5) is 20.7. The predicted molar refractivity (Wildman–Crippen MR) is 52.1 cm³/mol. The number of hydrogen-bond donors (Lipinski definition) is 3. The first-order valence-corrected chi connectivity index (χ1v) is 4.24. The molecule has 0 aliphatic rings. The lowest BCUT2D eigenvalue weighted by Gasteiger charge is -1.98. The van der Waals surface area contributed by atoms with Crippen molar-refractivity contribution in [2.45, 2.75) is 6.42 Å². The first-order valence-electron chi connectivity index (χ1n) is 4.24. The Labute approximate surface area is 89.8 Å². The molecule has 3 N–H and O–H groups in total. The fourth-order valence-electron chi connectivity index (χ4n) is 1.09. The van der Waals surface area contributed by atoms with Crippen LogP contribution in [0, 0.1) is 4.91 Å². The second-order valence-corrected chi connectivity index (χ2v) is 2.97. The van der Waals surface area contributed by atoms with Gasteiger partial charge in [0, 0.05) is 18.6 Å². The first-order chi connectivity index (χ1) is 7.54. The topological polar surface area (TPSA) is 110 Å². The van der Waals surface area contributed by atoms with Gasteiger partial charge in [-0.3, -0.25) is 0 Å². The van der Waals surface area contributed by atoms with Crippen molar-refractivity contribution in [3.8, 4) is 0 Å². The van der Waals surface area contributed by atoms with E-state index in [1.54, 1.807) is 0 Å². The molecule has 0 radical (unpaired) electrons. The molecule has 0 saturated heterocycles. The summed E-state index contributed by atoms with van der Waals surface area (Å²) in [6, 6.07) is 5.54. The van der Waals surface area contributed by atoms with Gasteiger partial charge in [-0.2, -0.15) is 0 Å². The fraction of sp³-hybridized carbons (Fsp3) is 0.111. The fourth-order valence-corrected chi connectivity index (χ4v) is 1.09. The highest BCUT2D eigenvalue weighted by Gasteiger charge is 2.13. The van der Waals surface area contributed by atoms with Crippen LogP contribution < -0.4 is 0 Å². The number of carboxylic acid groups (broad SMARTS) is 1. The molecule has 1 rings (SSSR count). The lowest BCUT2D eigenvalue weighted by atomic mass is 10.1. The number of aliphatic carboxylic acids is 1. The zero-order valence-electron chi connectivity index (χ0n) is 8.07. The van der Waals surface area contributed by atoms with Crippen molar-refractivity contribution < 1.29 is 25.2 Å². The van der Waals surface area contributed by atoms with Gasteiger partial charge < -0.3 is 10.3 Å². The Morgan fingerprint density at radius 3 is 2.25 bits per heavy atom. The molecule has 84 valence electrons. The molecular formula is C9H9N2O5+. The molecule has 7 heteroatoms. The molecule has 7 nitrogen and oxygen atoms in total. The van der Waals surface area contributed by atoms with Crippen molar-refractivity contribution in [3.63, 3.8) is 0 Å². The van der Waals surface area contributed by atoms with Gasteiger partial charge in [-0.15, -0.1) is 0 Å². The maximum atomic E-state index is 10.5. The summed E-state index contributed by atoms with van der Waals surface area (Å²) in [5.41, 5.74) is 0.165. The van der Waals surface area contributed by atoms with E-state index in [1.807, 2.05) is 0 Å². The minimum atomic E-state index is -1.32. The molecule has 0 unspecified atom stereocenters. The standard InChI is InChI=1S/C9H8N2O5/c12-9(13)8(10-14)5-6-1-3-7(4-2-6)11(15)16/h1-4H,5H2,(H2-,12,13,14,15,16)/p+1/b10-8-. The van der Waals surface area contributed by atoms with Gasteiger partial charge in [-0.05, 0) is 5.56 Å². The lowest BCUT2D eigenvalue weighted by Crippen LogP contribution is -2.15. The van der Waals surface area contributed by atoms with E-state index in [0.717, 1.165) is 0 Å². The van der Waals surface area contributed by atoms with Gasteiger partial charge in [0.1, 0.15) is 0 Å². The van der Waals surface area contributed by atoms with E-state index in [0.29, 0.717) is 5.56 Å².